The highest BCUT2D eigenvalue weighted by atomic mass is 16.5. The summed E-state index contributed by atoms with van der Waals surface area (Å²) in [5.41, 5.74) is 5.47. The minimum atomic E-state index is -0.410. The molecule has 4 rings (SSSR count). The van der Waals surface area contributed by atoms with E-state index in [-0.39, 0.29) is 18.5 Å². The molecule has 0 fully saturated rings. The number of aromatic nitrogens is 2. The van der Waals surface area contributed by atoms with Crippen LogP contribution in [0.5, 0.6) is 0 Å². The lowest BCUT2D eigenvalue weighted by atomic mass is 9.79. The highest BCUT2D eigenvalue weighted by molar-refractivity contribution is 5.95. The molecule has 0 saturated carbocycles. The molecule has 1 aromatic carbocycles. The fourth-order valence-corrected chi connectivity index (χ4v) is 3.59. The summed E-state index contributed by atoms with van der Waals surface area (Å²) in [5.74, 6) is -0.624. The van der Waals surface area contributed by atoms with Gasteiger partial charge in [0.1, 0.15) is 6.61 Å². The maximum atomic E-state index is 12.3. The summed E-state index contributed by atoms with van der Waals surface area (Å²) in [4.78, 5) is 12.3. The van der Waals surface area contributed by atoms with Crippen LogP contribution in [0.2, 0.25) is 0 Å². The van der Waals surface area contributed by atoms with E-state index in [9.17, 15) is 10.1 Å². The molecule has 126 valence electrons. The molecular formula is C19H18N4O2. The Morgan fingerprint density at radius 2 is 2.20 bits per heavy atom. The van der Waals surface area contributed by atoms with Gasteiger partial charge in [-0.25, -0.2) is 4.79 Å². The topological polar surface area (TPSA) is 90.8 Å². The molecule has 0 aliphatic carbocycles. The number of cyclic esters (lactones) is 1. The molecule has 0 radical (unpaired) electrons. The van der Waals surface area contributed by atoms with E-state index in [1.807, 2.05) is 39.0 Å². The third-order valence-electron chi connectivity index (χ3n) is 4.85. The number of dihydropyridines is 1. The zero-order valence-electron chi connectivity index (χ0n) is 14.3. The Kier molecular flexibility index (Phi) is 3.39. The molecule has 1 atom stereocenters. The monoisotopic (exact) mass is 334 g/mol. The summed E-state index contributed by atoms with van der Waals surface area (Å²) in [6, 6.07) is 8.19. The number of ether oxygens (including phenoxy) is 1. The van der Waals surface area contributed by atoms with E-state index in [4.69, 9.17) is 4.74 Å². The van der Waals surface area contributed by atoms with Gasteiger partial charge in [0.2, 0.25) is 0 Å². The van der Waals surface area contributed by atoms with Gasteiger partial charge >= 0.3 is 5.97 Å². The van der Waals surface area contributed by atoms with Gasteiger partial charge in [-0.1, -0.05) is 19.9 Å². The summed E-state index contributed by atoms with van der Waals surface area (Å²) in [7, 11) is 0. The van der Waals surface area contributed by atoms with Crippen LogP contribution in [0.4, 0.5) is 0 Å². The van der Waals surface area contributed by atoms with Crippen molar-refractivity contribution in [1.82, 2.24) is 15.5 Å². The van der Waals surface area contributed by atoms with E-state index in [1.54, 1.807) is 0 Å². The number of carbonyl (C=O) groups excluding carboxylic acids is 1. The molecule has 1 aromatic heterocycles. The zero-order valence-corrected chi connectivity index (χ0v) is 14.3. The lowest BCUT2D eigenvalue weighted by Gasteiger charge is -2.28. The van der Waals surface area contributed by atoms with Gasteiger partial charge in [-0.3, -0.25) is 5.10 Å². The fourth-order valence-electron chi connectivity index (χ4n) is 3.59. The van der Waals surface area contributed by atoms with Gasteiger partial charge < -0.3 is 10.1 Å². The maximum absolute atomic E-state index is 12.3. The second kappa shape index (κ2) is 5.49. The molecule has 0 amide bonds. The lowest BCUT2D eigenvalue weighted by Crippen LogP contribution is -2.29. The Hall–Kier alpha value is -3.07. The van der Waals surface area contributed by atoms with E-state index in [1.165, 1.54) is 0 Å². The van der Waals surface area contributed by atoms with Crippen molar-refractivity contribution in [2.24, 2.45) is 5.92 Å². The molecular weight excluding hydrogens is 316 g/mol. The predicted octanol–water partition coefficient (Wildman–Crippen LogP) is 2.80. The Labute approximate surface area is 145 Å². The van der Waals surface area contributed by atoms with Crippen LogP contribution in [0.15, 0.2) is 40.7 Å². The summed E-state index contributed by atoms with van der Waals surface area (Å²) < 4.78 is 5.24. The first-order chi connectivity index (χ1) is 12.0. The number of H-pyrrole nitrogens is 1. The number of aromatic amines is 1. The first kappa shape index (κ1) is 15.5. The van der Waals surface area contributed by atoms with Crippen molar-refractivity contribution in [2.45, 2.75) is 26.7 Å². The number of hydrogen-bond donors (Lipinski definition) is 2. The largest absolute Gasteiger partial charge is 0.456 e. The van der Waals surface area contributed by atoms with Crippen molar-refractivity contribution in [3.63, 3.8) is 0 Å². The first-order valence-electron chi connectivity index (χ1n) is 8.27. The molecule has 1 unspecified atom stereocenters. The second-order valence-corrected chi connectivity index (χ2v) is 6.75. The quantitative estimate of drug-likeness (QED) is 0.824. The van der Waals surface area contributed by atoms with E-state index >= 15 is 0 Å². The summed E-state index contributed by atoms with van der Waals surface area (Å²) >= 11 is 0. The van der Waals surface area contributed by atoms with Crippen molar-refractivity contribution in [3.05, 3.63) is 52.0 Å². The van der Waals surface area contributed by atoms with Gasteiger partial charge in [0.15, 0.2) is 0 Å². The van der Waals surface area contributed by atoms with E-state index in [0.717, 1.165) is 33.6 Å². The fraction of sp³-hybridized carbons (Fsp3) is 0.316. The van der Waals surface area contributed by atoms with E-state index in [2.05, 4.69) is 21.6 Å². The Balaban J connectivity index is 1.95. The maximum Gasteiger partial charge on any atom is 0.337 e. The van der Waals surface area contributed by atoms with Crippen LogP contribution in [-0.4, -0.2) is 22.8 Å². The highest BCUT2D eigenvalue weighted by Crippen LogP contribution is 2.42. The molecule has 0 saturated heterocycles. The molecule has 0 spiro atoms. The smallest absolute Gasteiger partial charge is 0.337 e. The van der Waals surface area contributed by atoms with Crippen molar-refractivity contribution in [3.8, 4) is 6.07 Å². The van der Waals surface area contributed by atoms with Gasteiger partial charge in [-0.2, -0.15) is 10.4 Å². The number of carbonyl (C=O) groups is 1. The average Bonchev–Trinajstić information content (AvgIpc) is 3.16. The second-order valence-electron chi connectivity index (χ2n) is 6.75. The van der Waals surface area contributed by atoms with E-state index < -0.39 is 5.92 Å². The van der Waals surface area contributed by atoms with Crippen LogP contribution < -0.4 is 5.32 Å². The molecule has 6 heteroatoms. The standard InChI is InChI=1S/C19H18N4O2/c1-9(2)18-13(7-20)16(17-15(21-18)8-25-19(17)24)11-4-5-14-12(6-11)10(3)22-23-14/h4-6,9,16,21H,8H2,1-3H3,(H,22,23). The number of nitrogens with zero attached hydrogens (tertiary/aromatic N) is 2. The number of fused-ring (bicyclic) bond motifs is 1. The van der Waals surface area contributed by atoms with Gasteiger partial charge in [-0.15, -0.1) is 0 Å². The normalized spacial score (nSPS) is 20.0. The van der Waals surface area contributed by atoms with Gasteiger partial charge in [0.05, 0.1) is 34.3 Å². The Morgan fingerprint density at radius 1 is 1.40 bits per heavy atom. The van der Waals surface area contributed by atoms with E-state index in [0.29, 0.717) is 11.1 Å². The lowest BCUT2D eigenvalue weighted by molar-refractivity contribution is -0.136. The number of allylic oxidation sites excluding steroid dienone is 2. The number of hydrogen-bond acceptors (Lipinski definition) is 5. The highest BCUT2D eigenvalue weighted by Gasteiger charge is 2.40. The van der Waals surface area contributed by atoms with Crippen LogP contribution in [0.1, 0.15) is 31.0 Å². The number of aryl methyl sites for hydroxylation is 1. The summed E-state index contributed by atoms with van der Waals surface area (Å²) in [6.07, 6.45) is 0. The summed E-state index contributed by atoms with van der Waals surface area (Å²) in [6.45, 7) is 6.25. The van der Waals surface area contributed by atoms with Crippen LogP contribution in [0.25, 0.3) is 10.9 Å². The molecule has 0 bridgehead atoms. The van der Waals surface area contributed by atoms with Gasteiger partial charge in [-0.05, 0) is 30.5 Å². The Bertz CT molecular complexity index is 1000. The summed E-state index contributed by atoms with van der Waals surface area (Å²) in [5, 5.41) is 21.3. The van der Waals surface area contributed by atoms with Crippen molar-refractivity contribution in [2.75, 3.05) is 6.61 Å². The van der Waals surface area contributed by atoms with Crippen molar-refractivity contribution in [1.29, 1.82) is 5.26 Å². The Morgan fingerprint density at radius 3 is 2.92 bits per heavy atom. The molecule has 2 aliphatic rings. The van der Waals surface area contributed by atoms with Crippen LogP contribution in [0, 0.1) is 24.2 Å². The minimum absolute atomic E-state index is 0.140. The average molecular weight is 334 g/mol. The zero-order chi connectivity index (χ0) is 17.7. The minimum Gasteiger partial charge on any atom is -0.456 e. The number of rotatable bonds is 2. The molecule has 2 N–H and O–H groups in total. The number of esters is 1. The third kappa shape index (κ3) is 2.23. The molecule has 6 nitrogen and oxygen atoms in total. The van der Waals surface area contributed by atoms with Gasteiger partial charge in [0, 0.05) is 16.8 Å². The first-order valence-corrected chi connectivity index (χ1v) is 8.27. The van der Waals surface area contributed by atoms with Crippen LogP contribution >= 0.6 is 0 Å². The van der Waals surface area contributed by atoms with Crippen LogP contribution in [0.3, 0.4) is 0 Å². The SMILES string of the molecule is Cc1[nH]nc2ccc(C3C(C#N)=C(C(C)C)NC4=C3C(=O)OC4)cc12. The van der Waals surface area contributed by atoms with Crippen molar-refractivity contribution >= 4 is 16.9 Å². The molecule has 2 aromatic rings. The number of nitrogens with one attached hydrogen (secondary N) is 2. The van der Waals surface area contributed by atoms with Crippen molar-refractivity contribution < 1.29 is 9.53 Å². The van der Waals surface area contributed by atoms with Gasteiger partial charge in [0.25, 0.3) is 0 Å². The molecule has 3 heterocycles. The number of benzene rings is 1. The third-order valence-corrected chi connectivity index (χ3v) is 4.85. The van der Waals surface area contributed by atoms with Crippen LogP contribution in [-0.2, 0) is 9.53 Å². The number of nitriles is 1. The predicted molar refractivity (Wildman–Crippen MR) is 92.2 cm³/mol. The molecule has 2 aliphatic heterocycles. The molecule has 25 heavy (non-hydrogen) atoms.